The van der Waals surface area contributed by atoms with Crippen molar-refractivity contribution in [2.75, 3.05) is 0 Å². The van der Waals surface area contributed by atoms with Gasteiger partial charge in [0.05, 0.1) is 8.07 Å². The van der Waals surface area contributed by atoms with Gasteiger partial charge in [-0.15, -0.1) is 0 Å². The van der Waals surface area contributed by atoms with Crippen LogP contribution in [0.3, 0.4) is 0 Å². The van der Waals surface area contributed by atoms with E-state index in [0.717, 1.165) is 6.04 Å². The van der Waals surface area contributed by atoms with Gasteiger partial charge in [0.15, 0.2) is 0 Å². The molecule has 66 valence electrons. The van der Waals surface area contributed by atoms with Gasteiger partial charge in [-0.25, -0.2) is 0 Å². The van der Waals surface area contributed by atoms with E-state index < -0.39 is 8.07 Å². The highest BCUT2D eigenvalue weighted by Crippen LogP contribution is 2.22. The molecule has 0 aromatic heterocycles. The van der Waals surface area contributed by atoms with Gasteiger partial charge in [0.2, 0.25) is 5.24 Å². The van der Waals surface area contributed by atoms with Crippen molar-refractivity contribution < 1.29 is 4.79 Å². The van der Waals surface area contributed by atoms with Crippen molar-refractivity contribution in [2.24, 2.45) is 0 Å². The standard InChI is InChI=1S/C8H17ClOSi/c1-4-11(3,5-2)7-6-8(9)10/h4-7H2,1-3H3. The van der Waals surface area contributed by atoms with Crippen LogP contribution in [0.5, 0.6) is 0 Å². The van der Waals surface area contributed by atoms with Gasteiger partial charge in [-0.3, -0.25) is 4.79 Å². The fourth-order valence-corrected chi connectivity index (χ4v) is 3.29. The first kappa shape index (κ1) is 11.2. The summed E-state index contributed by atoms with van der Waals surface area (Å²) >= 11 is 5.28. The topological polar surface area (TPSA) is 17.1 Å². The molecule has 0 saturated carbocycles. The summed E-state index contributed by atoms with van der Waals surface area (Å²) in [7, 11) is -1.07. The van der Waals surface area contributed by atoms with E-state index in [0.29, 0.717) is 6.42 Å². The molecule has 0 aliphatic carbocycles. The Bertz CT molecular complexity index is 132. The van der Waals surface area contributed by atoms with Crippen LogP contribution in [-0.4, -0.2) is 13.3 Å². The molecule has 0 aromatic rings. The van der Waals surface area contributed by atoms with Gasteiger partial charge in [0, 0.05) is 6.42 Å². The Balaban J connectivity index is 3.78. The number of carbonyl (C=O) groups is 1. The molecule has 0 aliphatic heterocycles. The highest BCUT2D eigenvalue weighted by atomic mass is 35.5. The molecule has 0 aromatic carbocycles. The molecule has 0 heterocycles. The first-order valence-corrected chi connectivity index (χ1v) is 7.72. The Kier molecular flexibility index (Phi) is 5.02. The first-order chi connectivity index (χ1) is 5.04. The highest BCUT2D eigenvalue weighted by Gasteiger charge is 2.22. The van der Waals surface area contributed by atoms with E-state index in [9.17, 15) is 4.79 Å². The lowest BCUT2D eigenvalue weighted by Gasteiger charge is -2.22. The van der Waals surface area contributed by atoms with Crippen LogP contribution in [0.2, 0.25) is 24.7 Å². The van der Waals surface area contributed by atoms with Crippen molar-refractivity contribution in [1.82, 2.24) is 0 Å². The second kappa shape index (κ2) is 4.94. The van der Waals surface area contributed by atoms with E-state index in [4.69, 9.17) is 11.6 Å². The largest absolute Gasteiger partial charge is 0.281 e. The summed E-state index contributed by atoms with van der Waals surface area (Å²) in [5, 5.41) is -0.175. The molecule has 0 spiro atoms. The van der Waals surface area contributed by atoms with Crippen LogP contribution in [0.4, 0.5) is 0 Å². The SMILES string of the molecule is CC[Si](C)(CC)CCC(=O)Cl. The van der Waals surface area contributed by atoms with E-state index in [1.54, 1.807) is 0 Å². The monoisotopic (exact) mass is 192 g/mol. The summed E-state index contributed by atoms with van der Waals surface area (Å²) in [6.45, 7) is 6.77. The molecule has 0 radical (unpaired) electrons. The summed E-state index contributed by atoms with van der Waals surface area (Å²) in [5.41, 5.74) is 0. The summed E-state index contributed by atoms with van der Waals surface area (Å²) in [6, 6.07) is 3.57. The average molecular weight is 193 g/mol. The van der Waals surface area contributed by atoms with Gasteiger partial charge >= 0.3 is 0 Å². The number of hydrogen-bond acceptors (Lipinski definition) is 1. The molecular weight excluding hydrogens is 176 g/mol. The minimum absolute atomic E-state index is 0.175. The van der Waals surface area contributed by atoms with E-state index in [1.165, 1.54) is 12.1 Å². The lowest BCUT2D eigenvalue weighted by atomic mass is 10.5. The van der Waals surface area contributed by atoms with Crippen molar-refractivity contribution >= 4 is 24.9 Å². The Labute approximate surface area is 75.1 Å². The van der Waals surface area contributed by atoms with Crippen LogP contribution in [-0.2, 0) is 4.79 Å². The lowest BCUT2D eigenvalue weighted by molar-refractivity contribution is -0.111. The molecular formula is C8H17ClOSi. The van der Waals surface area contributed by atoms with Gasteiger partial charge in [0.25, 0.3) is 0 Å². The second-order valence-electron chi connectivity index (χ2n) is 3.37. The second-order valence-corrected chi connectivity index (χ2v) is 9.33. The summed E-state index contributed by atoms with van der Waals surface area (Å²) < 4.78 is 0. The number of halogens is 1. The molecule has 11 heavy (non-hydrogen) atoms. The van der Waals surface area contributed by atoms with Crippen molar-refractivity contribution in [3.8, 4) is 0 Å². The maximum Gasteiger partial charge on any atom is 0.221 e. The molecule has 0 rings (SSSR count). The van der Waals surface area contributed by atoms with Crippen molar-refractivity contribution in [2.45, 2.75) is 44.9 Å². The Morgan fingerprint density at radius 1 is 1.36 bits per heavy atom. The molecule has 1 nitrogen and oxygen atoms in total. The van der Waals surface area contributed by atoms with Crippen LogP contribution in [0.25, 0.3) is 0 Å². The molecule has 0 amide bonds. The predicted octanol–water partition coefficient (Wildman–Crippen LogP) is 3.26. The summed E-state index contributed by atoms with van der Waals surface area (Å²) in [4.78, 5) is 10.5. The zero-order chi connectivity index (χ0) is 8.91. The molecule has 0 atom stereocenters. The van der Waals surface area contributed by atoms with Crippen LogP contribution in [0, 0.1) is 0 Å². The van der Waals surface area contributed by atoms with E-state index >= 15 is 0 Å². The molecule has 3 heteroatoms. The van der Waals surface area contributed by atoms with E-state index in [-0.39, 0.29) is 5.24 Å². The minimum Gasteiger partial charge on any atom is -0.281 e. The zero-order valence-corrected chi connectivity index (χ0v) is 9.37. The fourth-order valence-electron chi connectivity index (χ4n) is 1.00. The van der Waals surface area contributed by atoms with Crippen molar-refractivity contribution in [3.63, 3.8) is 0 Å². The molecule has 0 bridgehead atoms. The third kappa shape index (κ3) is 4.59. The van der Waals surface area contributed by atoms with Crippen LogP contribution >= 0.6 is 11.6 Å². The molecule has 0 N–H and O–H groups in total. The third-order valence-corrected chi connectivity index (χ3v) is 7.69. The Hall–Kier alpha value is 0.177. The predicted molar refractivity (Wildman–Crippen MR) is 52.9 cm³/mol. The quantitative estimate of drug-likeness (QED) is 0.483. The summed E-state index contributed by atoms with van der Waals surface area (Å²) in [5.74, 6) is 0. The number of hydrogen-bond donors (Lipinski definition) is 0. The highest BCUT2D eigenvalue weighted by molar-refractivity contribution is 6.79. The minimum atomic E-state index is -1.07. The zero-order valence-electron chi connectivity index (χ0n) is 7.61. The molecule has 0 fully saturated rings. The number of carbonyl (C=O) groups excluding carboxylic acids is 1. The van der Waals surface area contributed by atoms with Gasteiger partial charge in [-0.1, -0.05) is 32.5 Å². The van der Waals surface area contributed by atoms with Gasteiger partial charge in [-0.05, 0) is 17.6 Å². The van der Waals surface area contributed by atoms with Crippen LogP contribution in [0.15, 0.2) is 0 Å². The molecule has 0 unspecified atom stereocenters. The van der Waals surface area contributed by atoms with Gasteiger partial charge in [0.1, 0.15) is 0 Å². The molecule has 0 aliphatic rings. The maximum atomic E-state index is 10.5. The normalized spacial score (nSPS) is 11.6. The smallest absolute Gasteiger partial charge is 0.221 e. The van der Waals surface area contributed by atoms with E-state index in [2.05, 4.69) is 20.4 Å². The van der Waals surface area contributed by atoms with Crippen molar-refractivity contribution in [3.05, 3.63) is 0 Å². The maximum absolute atomic E-state index is 10.5. The van der Waals surface area contributed by atoms with Crippen LogP contribution in [0.1, 0.15) is 20.3 Å². The third-order valence-electron chi connectivity index (χ3n) is 2.63. The van der Waals surface area contributed by atoms with Gasteiger partial charge in [-0.2, -0.15) is 0 Å². The fraction of sp³-hybridized carbons (Fsp3) is 0.875. The van der Waals surface area contributed by atoms with E-state index in [1.807, 2.05) is 0 Å². The van der Waals surface area contributed by atoms with Crippen molar-refractivity contribution in [1.29, 1.82) is 0 Å². The first-order valence-electron chi connectivity index (χ1n) is 4.22. The summed E-state index contributed by atoms with van der Waals surface area (Å²) in [6.07, 6.45) is 0.575. The Morgan fingerprint density at radius 3 is 2.09 bits per heavy atom. The average Bonchev–Trinajstić information content (AvgIpc) is 2.00. The molecule has 0 saturated heterocycles. The number of rotatable bonds is 5. The Morgan fingerprint density at radius 2 is 1.82 bits per heavy atom. The van der Waals surface area contributed by atoms with Crippen LogP contribution < -0.4 is 0 Å². The lowest BCUT2D eigenvalue weighted by Crippen LogP contribution is -2.27. The van der Waals surface area contributed by atoms with Gasteiger partial charge < -0.3 is 0 Å².